The maximum Gasteiger partial charge on any atom is 0.410 e. The molecule has 1 aliphatic rings. The number of thiol groups is 1. The number of piperidine rings is 1. The average Bonchev–Trinajstić information content (AvgIpc) is 2.06. The monoisotopic (exact) mass is 189 g/mol. The summed E-state index contributed by atoms with van der Waals surface area (Å²) in [5, 5.41) is 0. The van der Waals surface area contributed by atoms with Crippen molar-refractivity contribution in [1.29, 1.82) is 0 Å². The Hall–Kier alpha value is -0.710. The fraction of sp³-hybridized carbons (Fsp3) is 0.714. The van der Waals surface area contributed by atoms with E-state index in [1.165, 1.54) is 4.90 Å². The van der Waals surface area contributed by atoms with Crippen LogP contribution in [0.3, 0.4) is 0 Å². The summed E-state index contributed by atoms with van der Waals surface area (Å²) in [6.45, 7) is 0.955. The first-order valence-corrected chi connectivity index (χ1v) is 4.41. The van der Waals surface area contributed by atoms with Gasteiger partial charge in [0.15, 0.2) is 0 Å². The number of carbonyl (C=O) groups excluding carboxylic acids is 2. The van der Waals surface area contributed by atoms with Gasteiger partial charge in [-0.2, -0.15) is 0 Å². The fourth-order valence-corrected chi connectivity index (χ4v) is 1.20. The Labute approximate surface area is 76.3 Å². The third-order valence-corrected chi connectivity index (χ3v) is 1.90. The molecule has 1 heterocycles. The minimum absolute atomic E-state index is 0.0866. The minimum Gasteiger partial charge on any atom is -0.439 e. The van der Waals surface area contributed by atoms with Crippen LogP contribution in [0.4, 0.5) is 4.79 Å². The van der Waals surface area contributed by atoms with E-state index in [9.17, 15) is 9.59 Å². The predicted octanol–water partition coefficient (Wildman–Crippen LogP) is 0.675. The molecule has 4 nitrogen and oxygen atoms in total. The van der Waals surface area contributed by atoms with Gasteiger partial charge in [0.25, 0.3) is 0 Å². The van der Waals surface area contributed by atoms with Gasteiger partial charge in [0, 0.05) is 25.9 Å². The molecule has 0 atom stereocenters. The second kappa shape index (κ2) is 4.35. The van der Waals surface area contributed by atoms with Gasteiger partial charge in [-0.1, -0.05) is 0 Å². The van der Waals surface area contributed by atoms with Crippen molar-refractivity contribution in [3.63, 3.8) is 0 Å². The highest BCUT2D eigenvalue weighted by molar-refractivity contribution is 7.80. The van der Waals surface area contributed by atoms with Gasteiger partial charge in [0.2, 0.25) is 0 Å². The van der Waals surface area contributed by atoms with Crippen molar-refractivity contribution in [2.45, 2.75) is 12.8 Å². The molecule has 68 valence electrons. The molecular formula is C7H11NO3S. The first-order valence-electron chi connectivity index (χ1n) is 3.78. The van der Waals surface area contributed by atoms with Gasteiger partial charge in [-0.15, -0.1) is 12.6 Å². The third kappa shape index (κ3) is 2.41. The van der Waals surface area contributed by atoms with Crippen molar-refractivity contribution in [2.24, 2.45) is 0 Å². The van der Waals surface area contributed by atoms with Crippen molar-refractivity contribution >= 4 is 24.5 Å². The zero-order valence-corrected chi connectivity index (χ0v) is 7.55. The van der Waals surface area contributed by atoms with E-state index in [1.54, 1.807) is 0 Å². The highest BCUT2D eigenvalue weighted by Gasteiger charge is 2.21. The number of likely N-dealkylation sites (tertiary alicyclic amines) is 1. The molecule has 1 saturated heterocycles. The number of hydrogen-bond donors (Lipinski definition) is 1. The summed E-state index contributed by atoms with van der Waals surface area (Å²) in [7, 11) is 0. The van der Waals surface area contributed by atoms with Crippen LogP contribution in [-0.4, -0.2) is 35.8 Å². The lowest BCUT2D eigenvalue weighted by Gasteiger charge is -2.24. The lowest BCUT2D eigenvalue weighted by atomic mass is 10.1. The van der Waals surface area contributed by atoms with Crippen molar-refractivity contribution in [3.8, 4) is 0 Å². The number of ketones is 1. The van der Waals surface area contributed by atoms with E-state index in [4.69, 9.17) is 0 Å². The third-order valence-electron chi connectivity index (χ3n) is 1.77. The number of carbonyl (C=O) groups is 2. The van der Waals surface area contributed by atoms with E-state index >= 15 is 0 Å². The number of Topliss-reactive ketones (excluding diaryl/α,β-unsaturated/α-hetero) is 1. The Balaban J connectivity index is 2.33. The standard InChI is InChI=1S/C7H11NO3S/c9-6-1-3-8(4-2-6)7(10)11-5-12/h12H,1-5H2. The molecule has 0 N–H and O–H groups in total. The molecule has 0 bridgehead atoms. The van der Waals surface area contributed by atoms with E-state index in [1.807, 2.05) is 0 Å². The number of ether oxygens (including phenoxy) is 1. The first-order chi connectivity index (χ1) is 5.74. The normalized spacial score (nSPS) is 17.8. The highest BCUT2D eigenvalue weighted by atomic mass is 32.1. The fourth-order valence-electron chi connectivity index (χ4n) is 1.09. The summed E-state index contributed by atoms with van der Waals surface area (Å²) in [4.78, 5) is 23.4. The van der Waals surface area contributed by atoms with Crippen molar-refractivity contribution in [2.75, 3.05) is 19.0 Å². The molecule has 0 aliphatic carbocycles. The van der Waals surface area contributed by atoms with Gasteiger partial charge >= 0.3 is 6.09 Å². The summed E-state index contributed by atoms with van der Waals surface area (Å²) < 4.78 is 4.66. The van der Waals surface area contributed by atoms with Crippen molar-refractivity contribution in [3.05, 3.63) is 0 Å². The van der Waals surface area contributed by atoms with Crippen LogP contribution in [0.2, 0.25) is 0 Å². The Bertz CT molecular complexity index is 185. The quantitative estimate of drug-likeness (QED) is 0.487. The summed E-state index contributed by atoms with van der Waals surface area (Å²) in [6, 6.07) is 0. The zero-order valence-electron chi connectivity index (χ0n) is 6.65. The molecule has 1 amide bonds. The van der Waals surface area contributed by atoms with Crippen LogP contribution >= 0.6 is 12.6 Å². The van der Waals surface area contributed by atoms with E-state index in [0.29, 0.717) is 25.9 Å². The van der Waals surface area contributed by atoms with Gasteiger partial charge < -0.3 is 9.64 Å². The molecule has 0 spiro atoms. The molecule has 0 aromatic carbocycles. The molecule has 0 aromatic rings. The molecule has 1 aliphatic heterocycles. The highest BCUT2D eigenvalue weighted by Crippen LogP contribution is 2.06. The van der Waals surface area contributed by atoms with Crippen molar-refractivity contribution < 1.29 is 14.3 Å². The van der Waals surface area contributed by atoms with E-state index in [-0.39, 0.29) is 17.8 Å². The number of nitrogens with zero attached hydrogens (tertiary/aromatic N) is 1. The molecule has 5 heteroatoms. The predicted molar refractivity (Wildman–Crippen MR) is 46.1 cm³/mol. The lowest BCUT2D eigenvalue weighted by molar-refractivity contribution is -0.121. The SMILES string of the molecule is O=C1CCN(C(=O)OCS)CC1. The lowest BCUT2D eigenvalue weighted by Crippen LogP contribution is -2.38. The average molecular weight is 189 g/mol. The van der Waals surface area contributed by atoms with Crippen LogP contribution in [0.5, 0.6) is 0 Å². The van der Waals surface area contributed by atoms with Crippen LogP contribution in [0.25, 0.3) is 0 Å². The Morgan fingerprint density at radius 3 is 2.58 bits per heavy atom. The Morgan fingerprint density at radius 1 is 1.50 bits per heavy atom. The largest absolute Gasteiger partial charge is 0.439 e. The topological polar surface area (TPSA) is 46.6 Å². The van der Waals surface area contributed by atoms with Crippen LogP contribution < -0.4 is 0 Å². The van der Waals surface area contributed by atoms with Crippen LogP contribution in [-0.2, 0) is 9.53 Å². The van der Waals surface area contributed by atoms with E-state index in [0.717, 1.165) is 0 Å². The molecule has 0 radical (unpaired) electrons. The van der Waals surface area contributed by atoms with Gasteiger partial charge in [0.05, 0.1) is 0 Å². The molecule has 1 fully saturated rings. The van der Waals surface area contributed by atoms with Gasteiger partial charge in [-0.25, -0.2) is 4.79 Å². The van der Waals surface area contributed by atoms with Crippen LogP contribution in [0.1, 0.15) is 12.8 Å². The molecule has 1 rings (SSSR count). The molecule has 0 unspecified atom stereocenters. The summed E-state index contributed by atoms with van der Waals surface area (Å²) in [6.07, 6.45) is 0.515. The Kier molecular flexibility index (Phi) is 3.40. The second-order valence-corrected chi connectivity index (χ2v) is 2.82. The molecular weight excluding hydrogens is 178 g/mol. The van der Waals surface area contributed by atoms with Crippen LogP contribution in [0.15, 0.2) is 0 Å². The molecule has 0 saturated carbocycles. The molecule has 12 heavy (non-hydrogen) atoms. The first kappa shape index (κ1) is 9.38. The van der Waals surface area contributed by atoms with Crippen LogP contribution in [0, 0.1) is 0 Å². The smallest absolute Gasteiger partial charge is 0.410 e. The number of amides is 1. The molecule has 0 aromatic heterocycles. The van der Waals surface area contributed by atoms with Gasteiger partial charge in [-0.05, 0) is 0 Å². The number of rotatable bonds is 1. The zero-order chi connectivity index (χ0) is 8.97. The van der Waals surface area contributed by atoms with E-state index < -0.39 is 0 Å². The van der Waals surface area contributed by atoms with Gasteiger partial charge in [0.1, 0.15) is 11.7 Å². The van der Waals surface area contributed by atoms with E-state index in [2.05, 4.69) is 17.4 Å². The minimum atomic E-state index is -0.377. The summed E-state index contributed by atoms with van der Waals surface area (Å²) in [5.41, 5.74) is 0. The number of hydrogen-bond acceptors (Lipinski definition) is 4. The summed E-state index contributed by atoms with van der Waals surface area (Å²) in [5.74, 6) is 0.299. The Morgan fingerprint density at radius 2 is 2.08 bits per heavy atom. The summed E-state index contributed by atoms with van der Waals surface area (Å²) >= 11 is 3.76. The second-order valence-electron chi connectivity index (χ2n) is 2.57. The maximum atomic E-state index is 11.0. The van der Waals surface area contributed by atoms with Crippen molar-refractivity contribution in [1.82, 2.24) is 4.90 Å². The maximum absolute atomic E-state index is 11.0. The van der Waals surface area contributed by atoms with Gasteiger partial charge in [-0.3, -0.25) is 4.79 Å².